The van der Waals surface area contributed by atoms with Crippen molar-refractivity contribution in [1.82, 2.24) is 4.98 Å². The second-order valence-electron chi connectivity index (χ2n) is 6.05. The molecule has 0 aliphatic carbocycles. The van der Waals surface area contributed by atoms with Crippen molar-refractivity contribution in [3.8, 4) is 0 Å². The van der Waals surface area contributed by atoms with Crippen LogP contribution in [0.3, 0.4) is 0 Å². The van der Waals surface area contributed by atoms with Crippen LogP contribution >= 0.6 is 0 Å². The summed E-state index contributed by atoms with van der Waals surface area (Å²) in [6, 6.07) is 3.71. The molecular formula is C16H27N3O2. The van der Waals surface area contributed by atoms with Gasteiger partial charge in [-0.1, -0.05) is 19.8 Å². The summed E-state index contributed by atoms with van der Waals surface area (Å²) in [4.78, 5) is 18.3. The largest absolute Gasteiger partial charge is 0.443 e. The smallest absolute Gasteiger partial charge is 0.414 e. The second-order valence-corrected chi connectivity index (χ2v) is 6.05. The van der Waals surface area contributed by atoms with Crippen LogP contribution in [0.4, 0.5) is 10.5 Å². The van der Waals surface area contributed by atoms with Gasteiger partial charge in [-0.05, 0) is 39.3 Å². The Morgan fingerprint density at radius 2 is 2.05 bits per heavy atom. The van der Waals surface area contributed by atoms with Crippen molar-refractivity contribution in [2.24, 2.45) is 5.73 Å². The molecule has 0 bridgehead atoms. The molecule has 21 heavy (non-hydrogen) atoms. The van der Waals surface area contributed by atoms with Gasteiger partial charge in [0.2, 0.25) is 0 Å². The molecule has 0 aliphatic rings. The van der Waals surface area contributed by atoms with Gasteiger partial charge in [0.1, 0.15) is 5.60 Å². The minimum absolute atomic E-state index is 0.332. The fourth-order valence-electron chi connectivity index (χ4n) is 1.86. The number of nitrogens with zero attached hydrogens (tertiary/aromatic N) is 2. The predicted molar refractivity (Wildman–Crippen MR) is 85.2 cm³/mol. The SMILES string of the molecule is CCCCCN(C(=O)OC(C)(C)C)c1ccc(CN)nc1. The van der Waals surface area contributed by atoms with Crippen molar-refractivity contribution in [2.75, 3.05) is 11.4 Å². The molecule has 1 amide bonds. The van der Waals surface area contributed by atoms with E-state index in [1.165, 1.54) is 0 Å². The van der Waals surface area contributed by atoms with Crippen LogP contribution in [0.5, 0.6) is 0 Å². The highest BCUT2D eigenvalue weighted by molar-refractivity contribution is 5.87. The lowest BCUT2D eigenvalue weighted by atomic mass is 10.2. The Labute approximate surface area is 127 Å². The summed E-state index contributed by atoms with van der Waals surface area (Å²) < 4.78 is 5.48. The van der Waals surface area contributed by atoms with E-state index in [9.17, 15) is 4.79 Å². The van der Waals surface area contributed by atoms with E-state index < -0.39 is 5.60 Å². The average molecular weight is 293 g/mol. The molecule has 0 aromatic carbocycles. The highest BCUT2D eigenvalue weighted by Gasteiger charge is 2.23. The summed E-state index contributed by atoms with van der Waals surface area (Å²) in [6.07, 6.45) is 4.47. The number of carbonyl (C=O) groups is 1. The van der Waals surface area contributed by atoms with Crippen LogP contribution in [0.25, 0.3) is 0 Å². The van der Waals surface area contributed by atoms with Crippen molar-refractivity contribution in [3.05, 3.63) is 24.0 Å². The number of hydrogen-bond acceptors (Lipinski definition) is 4. The summed E-state index contributed by atoms with van der Waals surface area (Å²) in [5, 5.41) is 0. The van der Waals surface area contributed by atoms with Gasteiger partial charge in [-0.25, -0.2) is 4.79 Å². The molecule has 1 rings (SSSR count). The van der Waals surface area contributed by atoms with E-state index in [4.69, 9.17) is 10.5 Å². The van der Waals surface area contributed by atoms with Crippen LogP contribution in [0, 0.1) is 0 Å². The molecular weight excluding hydrogens is 266 g/mol. The topological polar surface area (TPSA) is 68.5 Å². The lowest BCUT2D eigenvalue weighted by Crippen LogP contribution is -2.37. The molecule has 5 nitrogen and oxygen atoms in total. The summed E-state index contributed by atoms with van der Waals surface area (Å²) in [5.74, 6) is 0. The van der Waals surface area contributed by atoms with Crippen LogP contribution in [-0.2, 0) is 11.3 Å². The Morgan fingerprint density at radius 3 is 2.52 bits per heavy atom. The number of hydrogen-bond donors (Lipinski definition) is 1. The van der Waals surface area contributed by atoms with Crippen molar-refractivity contribution >= 4 is 11.8 Å². The maximum Gasteiger partial charge on any atom is 0.414 e. The number of ether oxygens (including phenoxy) is 1. The molecule has 0 saturated carbocycles. The second kappa shape index (κ2) is 7.98. The zero-order valence-electron chi connectivity index (χ0n) is 13.6. The number of nitrogens with two attached hydrogens (primary N) is 1. The van der Waals surface area contributed by atoms with Crippen LogP contribution in [-0.4, -0.2) is 23.2 Å². The number of amides is 1. The first-order valence-electron chi connectivity index (χ1n) is 7.53. The molecule has 1 aromatic heterocycles. The molecule has 0 unspecified atom stereocenters. The van der Waals surface area contributed by atoms with Crippen LogP contribution in [0.15, 0.2) is 18.3 Å². The zero-order valence-corrected chi connectivity index (χ0v) is 13.6. The maximum atomic E-state index is 12.4. The maximum absolute atomic E-state index is 12.4. The molecule has 0 aliphatic heterocycles. The summed E-state index contributed by atoms with van der Waals surface area (Å²) in [5.41, 5.74) is 6.59. The van der Waals surface area contributed by atoms with Gasteiger partial charge in [-0.3, -0.25) is 9.88 Å². The monoisotopic (exact) mass is 293 g/mol. The van der Waals surface area contributed by atoms with E-state index in [1.807, 2.05) is 32.9 Å². The van der Waals surface area contributed by atoms with Gasteiger partial charge in [0.05, 0.1) is 17.6 Å². The van der Waals surface area contributed by atoms with Crippen molar-refractivity contribution in [1.29, 1.82) is 0 Å². The quantitative estimate of drug-likeness (QED) is 0.815. The first-order chi connectivity index (χ1) is 9.87. The fourth-order valence-corrected chi connectivity index (χ4v) is 1.86. The predicted octanol–water partition coefficient (Wildman–Crippen LogP) is 3.47. The molecule has 0 fully saturated rings. The molecule has 1 aromatic rings. The molecule has 0 radical (unpaired) electrons. The Morgan fingerprint density at radius 1 is 1.33 bits per heavy atom. The molecule has 1 heterocycles. The lowest BCUT2D eigenvalue weighted by molar-refractivity contribution is 0.0579. The van der Waals surface area contributed by atoms with Crippen LogP contribution in [0.2, 0.25) is 0 Å². The van der Waals surface area contributed by atoms with Crippen molar-refractivity contribution in [3.63, 3.8) is 0 Å². The summed E-state index contributed by atoms with van der Waals surface area (Å²) >= 11 is 0. The van der Waals surface area contributed by atoms with Crippen LogP contribution < -0.4 is 10.6 Å². The van der Waals surface area contributed by atoms with Gasteiger partial charge >= 0.3 is 6.09 Å². The third-order valence-electron chi connectivity index (χ3n) is 2.93. The normalized spacial score (nSPS) is 11.3. The average Bonchev–Trinajstić information content (AvgIpc) is 2.42. The molecule has 0 spiro atoms. The van der Waals surface area contributed by atoms with Gasteiger partial charge in [-0.15, -0.1) is 0 Å². The standard InChI is InChI=1S/C16H27N3O2/c1-5-6-7-10-19(15(20)21-16(2,3)4)14-9-8-13(11-17)18-12-14/h8-9,12H,5-7,10-11,17H2,1-4H3. The highest BCUT2D eigenvalue weighted by atomic mass is 16.6. The van der Waals surface area contributed by atoms with Gasteiger partial charge in [-0.2, -0.15) is 0 Å². The van der Waals surface area contributed by atoms with E-state index >= 15 is 0 Å². The first-order valence-corrected chi connectivity index (χ1v) is 7.53. The van der Waals surface area contributed by atoms with Crippen LogP contribution in [0.1, 0.15) is 52.7 Å². The Balaban J connectivity index is 2.86. The lowest BCUT2D eigenvalue weighted by Gasteiger charge is -2.27. The first kappa shape index (κ1) is 17.4. The third kappa shape index (κ3) is 6.12. The number of aromatic nitrogens is 1. The number of anilines is 1. The highest BCUT2D eigenvalue weighted by Crippen LogP contribution is 2.18. The van der Waals surface area contributed by atoms with E-state index in [1.54, 1.807) is 11.1 Å². The molecule has 5 heteroatoms. The Hall–Kier alpha value is -1.62. The minimum Gasteiger partial charge on any atom is -0.443 e. The van der Waals surface area contributed by atoms with E-state index in [-0.39, 0.29) is 6.09 Å². The Bertz CT molecular complexity index is 438. The van der Waals surface area contributed by atoms with Crippen molar-refractivity contribution < 1.29 is 9.53 Å². The van der Waals surface area contributed by atoms with Gasteiger partial charge in [0.15, 0.2) is 0 Å². The van der Waals surface area contributed by atoms with Gasteiger partial charge in [0.25, 0.3) is 0 Å². The molecule has 118 valence electrons. The Kier molecular flexibility index (Phi) is 6.62. The molecule has 2 N–H and O–H groups in total. The molecule has 0 atom stereocenters. The fraction of sp³-hybridized carbons (Fsp3) is 0.625. The van der Waals surface area contributed by atoms with E-state index in [2.05, 4.69) is 11.9 Å². The number of carbonyl (C=O) groups excluding carboxylic acids is 1. The zero-order chi connectivity index (χ0) is 15.9. The third-order valence-corrected chi connectivity index (χ3v) is 2.93. The van der Waals surface area contributed by atoms with E-state index in [0.717, 1.165) is 30.6 Å². The van der Waals surface area contributed by atoms with Crippen molar-refractivity contribution in [2.45, 2.75) is 59.1 Å². The minimum atomic E-state index is -0.509. The van der Waals surface area contributed by atoms with Gasteiger partial charge in [0, 0.05) is 13.1 Å². The number of unbranched alkanes of at least 4 members (excludes halogenated alkanes) is 2. The number of pyridine rings is 1. The molecule has 0 saturated heterocycles. The number of rotatable bonds is 6. The summed E-state index contributed by atoms with van der Waals surface area (Å²) in [7, 11) is 0. The van der Waals surface area contributed by atoms with E-state index in [0.29, 0.717) is 13.1 Å². The van der Waals surface area contributed by atoms with Gasteiger partial charge < -0.3 is 10.5 Å². The summed E-state index contributed by atoms with van der Waals surface area (Å²) in [6.45, 7) is 8.76.